The molecule has 1 N–H and O–H groups in total. The number of aryl methyl sites for hydroxylation is 1. The molecule has 0 fully saturated rings. The van der Waals surface area contributed by atoms with Gasteiger partial charge in [-0.05, 0) is 23.6 Å². The molecule has 0 saturated carbocycles. The number of nitrogens with zero attached hydrogens (tertiary/aromatic N) is 1. The van der Waals surface area contributed by atoms with Gasteiger partial charge < -0.3 is 9.73 Å². The van der Waals surface area contributed by atoms with Crippen LogP contribution in [0.1, 0.15) is 12.3 Å². The predicted octanol–water partition coefficient (Wildman–Crippen LogP) is 5.83. The van der Waals surface area contributed by atoms with E-state index in [1.54, 1.807) is 6.20 Å². The van der Waals surface area contributed by atoms with Crippen molar-refractivity contribution in [3.8, 4) is 11.3 Å². The average Bonchev–Trinajstić information content (AvgIpc) is 3.16. The summed E-state index contributed by atoms with van der Waals surface area (Å²) in [4.78, 5) is 16.6. The lowest BCUT2D eigenvalue weighted by atomic mass is 10.1. The van der Waals surface area contributed by atoms with Crippen LogP contribution in [0.15, 0.2) is 81.8 Å². The lowest BCUT2D eigenvalue weighted by Gasteiger charge is -2.08. The second-order valence-electron chi connectivity index (χ2n) is 6.20. The van der Waals surface area contributed by atoms with Crippen molar-refractivity contribution < 1.29 is 9.21 Å². The molecule has 0 saturated heterocycles. The highest BCUT2D eigenvalue weighted by Crippen LogP contribution is 2.24. The van der Waals surface area contributed by atoms with Crippen molar-refractivity contribution in [3.05, 3.63) is 83.3 Å². The fourth-order valence-electron chi connectivity index (χ4n) is 2.94. The third-order valence-electron chi connectivity index (χ3n) is 4.31. The first-order valence-corrected chi connectivity index (χ1v) is 9.46. The van der Waals surface area contributed by atoms with Crippen LogP contribution in [0.25, 0.3) is 22.1 Å². The number of amides is 1. The molecule has 1 aromatic heterocycles. The largest absolute Gasteiger partial charge is 0.441 e. The van der Waals surface area contributed by atoms with Crippen LogP contribution in [0.3, 0.4) is 0 Å². The minimum Gasteiger partial charge on any atom is -0.441 e. The van der Waals surface area contributed by atoms with Gasteiger partial charge in [-0.15, -0.1) is 0 Å². The van der Waals surface area contributed by atoms with Gasteiger partial charge >= 0.3 is 0 Å². The third kappa shape index (κ3) is 4.09. The van der Waals surface area contributed by atoms with E-state index >= 15 is 0 Å². The molecular formula is C22H17BrN2O2. The molecule has 0 spiro atoms. The Labute approximate surface area is 165 Å². The maximum atomic E-state index is 12.4. The summed E-state index contributed by atoms with van der Waals surface area (Å²) in [5, 5.41) is 5.12. The van der Waals surface area contributed by atoms with E-state index in [0.717, 1.165) is 26.5 Å². The number of oxazole rings is 1. The van der Waals surface area contributed by atoms with Gasteiger partial charge in [0.15, 0.2) is 11.7 Å². The van der Waals surface area contributed by atoms with E-state index in [4.69, 9.17) is 4.42 Å². The molecule has 0 aliphatic rings. The Balaban J connectivity index is 1.40. The summed E-state index contributed by atoms with van der Waals surface area (Å²) in [5.41, 5.74) is 1.78. The van der Waals surface area contributed by atoms with Crippen LogP contribution in [0, 0.1) is 0 Å². The molecule has 4 rings (SSSR count). The molecular weight excluding hydrogens is 404 g/mol. The summed E-state index contributed by atoms with van der Waals surface area (Å²) in [6.07, 6.45) is 2.46. The van der Waals surface area contributed by atoms with Gasteiger partial charge in [0, 0.05) is 34.0 Å². The molecule has 134 valence electrons. The maximum absolute atomic E-state index is 12.4. The Morgan fingerprint density at radius 2 is 1.78 bits per heavy atom. The molecule has 1 heterocycles. The highest BCUT2D eigenvalue weighted by atomic mass is 79.9. The predicted molar refractivity (Wildman–Crippen MR) is 111 cm³/mol. The van der Waals surface area contributed by atoms with Crippen molar-refractivity contribution >= 4 is 38.3 Å². The Hall–Kier alpha value is -2.92. The van der Waals surface area contributed by atoms with Gasteiger partial charge in [0.1, 0.15) is 0 Å². The second-order valence-corrected chi connectivity index (χ2v) is 7.12. The Bertz CT molecular complexity index is 1080. The van der Waals surface area contributed by atoms with E-state index in [1.165, 1.54) is 0 Å². The quantitative estimate of drug-likeness (QED) is 0.441. The fourth-order valence-corrected chi connectivity index (χ4v) is 3.21. The lowest BCUT2D eigenvalue weighted by molar-refractivity contribution is -0.116. The Morgan fingerprint density at radius 1 is 1.00 bits per heavy atom. The van der Waals surface area contributed by atoms with Gasteiger partial charge in [-0.25, -0.2) is 4.98 Å². The molecule has 4 nitrogen and oxygen atoms in total. The first-order valence-electron chi connectivity index (χ1n) is 8.67. The topological polar surface area (TPSA) is 55.1 Å². The zero-order valence-electron chi connectivity index (χ0n) is 14.5. The minimum atomic E-state index is -0.0604. The molecule has 4 aromatic rings. The first kappa shape index (κ1) is 17.5. The van der Waals surface area contributed by atoms with E-state index in [0.29, 0.717) is 24.5 Å². The third-order valence-corrected chi connectivity index (χ3v) is 4.84. The van der Waals surface area contributed by atoms with Crippen LogP contribution >= 0.6 is 15.9 Å². The number of aromatic nitrogens is 1. The number of fused-ring (bicyclic) bond motifs is 1. The smallest absolute Gasteiger partial charge is 0.224 e. The van der Waals surface area contributed by atoms with Crippen molar-refractivity contribution in [3.63, 3.8) is 0 Å². The average molecular weight is 421 g/mol. The summed E-state index contributed by atoms with van der Waals surface area (Å²) in [7, 11) is 0. The molecule has 1 amide bonds. The molecule has 0 aliphatic heterocycles. The molecule has 0 unspecified atom stereocenters. The first-order chi connectivity index (χ1) is 13.2. The van der Waals surface area contributed by atoms with Gasteiger partial charge in [0.05, 0.1) is 6.20 Å². The van der Waals surface area contributed by atoms with E-state index in [-0.39, 0.29) is 5.91 Å². The Morgan fingerprint density at radius 3 is 2.63 bits per heavy atom. The maximum Gasteiger partial charge on any atom is 0.224 e. The van der Waals surface area contributed by atoms with E-state index in [2.05, 4.69) is 26.2 Å². The number of rotatable bonds is 5. The van der Waals surface area contributed by atoms with Crippen LogP contribution in [-0.4, -0.2) is 10.9 Å². The minimum absolute atomic E-state index is 0.0604. The van der Waals surface area contributed by atoms with E-state index in [9.17, 15) is 4.79 Å². The summed E-state index contributed by atoms with van der Waals surface area (Å²) in [5.74, 6) is 1.20. The number of benzene rings is 3. The van der Waals surface area contributed by atoms with Gasteiger partial charge in [-0.3, -0.25) is 4.79 Å². The number of anilines is 1. The number of hydrogen-bond acceptors (Lipinski definition) is 3. The molecule has 3 aromatic carbocycles. The zero-order chi connectivity index (χ0) is 18.6. The van der Waals surface area contributed by atoms with Crippen molar-refractivity contribution in [2.24, 2.45) is 0 Å². The summed E-state index contributed by atoms with van der Waals surface area (Å²) < 4.78 is 6.78. The van der Waals surface area contributed by atoms with Gasteiger partial charge in [0.2, 0.25) is 5.91 Å². The molecule has 5 heteroatoms. The molecule has 0 atom stereocenters. The molecule has 0 aliphatic carbocycles. The van der Waals surface area contributed by atoms with Crippen molar-refractivity contribution in [2.75, 3.05) is 5.32 Å². The van der Waals surface area contributed by atoms with Gasteiger partial charge in [0.25, 0.3) is 0 Å². The van der Waals surface area contributed by atoms with Crippen LogP contribution in [0.2, 0.25) is 0 Å². The molecule has 0 bridgehead atoms. The normalized spacial score (nSPS) is 10.9. The van der Waals surface area contributed by atoms with Crippen LogP contribution in [0.4, 0.5) is 5.69 Å². The lowest BCUT2D eigenvalue weighted by Crippen LogP contribution is -2.12. The fraction of sp³-hybridized carbons (Fsp3) is 0.0909. The van der Waals surface area contributed by atoms with E-state index in [1.807, 2.05) is 66.7 Å². The van der Waals surface area contributed by atoms with Crippen LogP contribution in [0.5, 0.6) is 0 Å². The highest BCUT2D eigenvalue weighted by Gasteiger charge is 2.10. The number of carbonyl (C=O) groups is 1. The van der Waals surface area contributed by atoms with Gasteiger partial charge in [-0.2, -0.15) is 0 Å². The molecule has 0 radical (unpaired) electrons. The highest BCUT2D eigenvalue weighted by molar-refractivity contribution is 9.10. The van der Waals surface area contributed by atoms with E-state index < -0.39 is 0 Å². The number of hydrogen-bond donors (Lipinski definition) is 1. The summed E-state index contributed by atoms with van der Waals surface area (Å²) >= 11 is 3.42. The summed E-state index contributed by atoms with van der Waals surface area (Å²) in [6.45, 7) is 0. The monoisotopic (exact) mass is 420 g/mol. The van der Waals surface area contributed by atoms with Crippen LogP contribution < -0.4 is 5.32 Å². The van der Waals surface area contributed by atoms with Crippen molar-refractivity contribution in [1.29, 1.82) is 0 Å². The number of halogens is 1. The standard InChI is InChI=1S/C22H17BrN2O2/c23-17-10-8-16(9-11-17)20-14-24-22(27-20)13-12-21(26)25-19-7-3-5-15-4-1-2-6-18(15)19/h1-11,14H,12-13H2,(H,25,26). The molecule has 27 heavy (non-hydrogen) atoms. The van der Waals surface area contributed by atoms with Crippen molar-refractivity contribution in [1.82, 2.24) is 4.98 Å². The number of nitrogens with one attached hydrogen (secondary N) is 1. The SMILES string of the molecule is O=C(CCc1ncc(-c2ccc(Br)cc2)o1)Nc1cccc2ccccc12. The van der Waals surface area contributed by atoms with Crippen LogP contribution in [-0.2, 0) is 11.2 Å². The Kier molecular flexibility index (Phi) is 5.03. The van der Waals surface area contributed by atoms with Gasteiger partial charge in [-0.1, -0.05) is 64.5 Å². The number of carbonyl (C=O) groups excluding carboxylic acids is 1. The second kappa shape index (κ2) is 7.76. The zero-order valence-corrected chi connectivity index (χ0v) is 16.1. The summed E-state index contributed by atoms with van der Waals surface area (Å²) in [6, 6.07) is 21.7. The van der Waals surface area contributed by atoms with Crippen molar-refractivity contribution in [2.45, 2.75) is 12.8 Å².